The number of amides is 2. The van der Waals surface area contributed by atoms with Crippen molar-refractivity contribution in [3.63, 3.8) is 0 Å². The molecule has 0 saturated carbocycles. The summed E-state index contributed by atoms with van der Waals surface area (Å²) < 4.78 is 52.3. The number of sulfone groups is 1. The molecule has 194 valence electrons. The van der Waals surface area contributed by atoms with Crippen LogP contribution >= 0.6 is 0 Å². The van der Waals surface area contributed by atoms with Crippen LogP contribution in [0.3, 0.4) is 0 Å². The van der Waals surface area contributed by atoms with Crippen molar-refractivity contribution in [2.75, 3.05) is 11.5 Å². The van der Waals surface area contributed by atoms with Crippen molar-refractivity contribution in [3.8, 4) is 11.3 Å². The predicted octanol–water partition coefficient (Wildman–Crippen LogP) is 1.98. The fraction of sp³-hybridized carbons (Fsp3) is 0.200. The minimum absolute atomic E-state index is 0.0154. The summed E-state index contributed by atoms with van der Waals surface area (Å²) >= 11 is 0. The highest BCUT2D eigenvalue weighted by Gasteiger charge is 2.30. The van der Waals surface area contributed by atoms with E-state index in [1.807, 2.05) is 6.92 Å². The number of sulfonamides is 1. The fourth-order valence-electron chi connectivity index (χ4n) is 3.77. The van der Waals surface area contributed by atoms with Crippen molar-refractivity contribution in [3.05, 3.63) is 83.2 Å². The third-order valence-corrected chi connectivity index (χ3v) is 8.45. The molecule has 3 aromatic rings. The number of aryl methyl sites for hydroxylation is 1. The molecule has 0 bridgehead atoms. The minimum Gasteiger partial charge on any atom is -0.457 e. The minimum atomic E-state index is -3.84. The summed E-state index contributed by atoms with van der Waals surface area (Å²) in [4.78, 5) is 25.8. The highest BCUT2D eigenvalue weighted by Crippen LogP contribution is 2.25. The Balaban J connectivity index is 1.60. The van der Waals surface area contributed by atoms with Crippen LogP contribution in [0.4, 0.5) is 0 Å². The molecule has 1 aromatic heterocycles. The molecule has 10 nitrogen and oxygen atoms in total. The van der Waals surface area contributed by atoms with Gasteiger partial charge in [-0.25, -0.2) is 22.0 Å². The average Bonchev–Trinajstić information content (AvgIpc) is 3.44. The first kappa shape index (κ1) is 26.3. The van der Waals surface area contributed by atoms with Gasteiger partial charge in [-0.1, -0.05) is 17.7 Å². The average molecular weight is 544 g/mol. The van der Waals surface area contributed by atoms with E-state index >= 15 is 0 Å². The lowest BCUT2D eigenvalue weighted by molar-refractivity contribution is -0.118. The van der Waals surface area contributed by atoms with E-state index in [9.17, 15) is 26.4 Å². The van der Waals surface area contributed by atoms with Crippen LogP contribution in [0, 0.1) is 6.92 Å². The Hall–Kier alpha value is -3.74. The lowest BCUT2D eigenvalue weighted by Gasteiger charge is -2.14. The van der Waals surface area contributed by atoms with Gasteiger partial charge >= 0.3 is 0 Å². The standard InChI is InChI=1S/C25H25N3O7S2/c1-16-2-4-18(5-3-16)24(29)28-22(25(30)27-19-12-13-36(31,32)15-19)14-20-8-11-23(35-20)17-6-9-21(10-7-17)37(26,33)34/h2-11,14,19H,12-13,15H2,1H3,(H,27,30)(H,28,29)(H2,26,33,34)/b22-14-. The van der Waals surface area contributed by atoms with E-state index in [0.717, 1.165) is 5.56 Å². The van der Waals surface area contributed by atoms with Crippen LogP contribution in [0.1, 0.15) is 28.1 Å². The smallest absolute Gasteiger partial charge is 0.268 e. The number of rotatable bonds is 7. The maximum atomic E-state index is 13.0. The SMILES string of the molecule is Cc1ccc(C(=O)N/C(=C\c2ccc(-c3ccc(S(N)(=O)=O)cc3)o2)C(=O)NC2CCS(=O)(=O)C2)cc1. The zero-order valence-electron chi connectivity index (χ0n) is 19.8. The topological polar surface area (TPSA) is 166 Å². The molecule has 1 unspecified atom stereocenters. The van der Waals surface area contributed by atoms with Crippen molar-refractivity contribution in [2.24, 2.45) is 5.14 Å². The van der Waals surface area contributed by atoms with Gasteiger partial charge in [-0.2, -0.15) is 0 Å². The lowest BCUT2D eigenvalue weighted by Crippen LogP contribution is -2.41. The van der Waals surface area contributed by atoms with Gasteiger partial charge in [0.1, 0.15) is 17.2 Å². The second-order valence-corrected chi connectivity index (χ2v) is 12.5. The number of nitrogens with two attached hydrogens (primary N) is 1. The highest BCUT2D eigenvalue weighted by atomic mass is 32.2. The van der Waals surface area contributed by atoms with Crippen LogP contribution in [0.2, 0.25) is 0 Å². The maximum absolute atomic E-state index is 13.0. The summed E-state index contributed by atoms with van der Waals surface area (Å²) in [6, 6.07) is 15.2. The van der Waals surface area contributed by atoms with Gasteiger partial charge in [-0.15, -0.1) is 0 Å². The van der Waals surface area contributed by atoms with Crippen molar-refractivity contribution in [1.82, 2.24) is 10.6 Å². The molecule has 4 N–H and O–H groups in total. The number of hydrogen-bond acceptors (Lipinski definition) is 7. The Bertz CT molecular complexity index is 1570. The predicted molar refractivity (Wildman–Crippen MR) is 137 cm³/mol. The van der Waals surface area contributed by atoms with Crippen LogP contribution in [0.25, 0.3) is 17.4 Å². The largest absolute Gasteiger partial charge is 0.457 e. The Morgan fingerprint density at radius 2 is 1.70 bits per heavy atom. The summed E-state index contributed by atoms with van der Waals surface area (Å²) in [6.45, 7) is 1.88. The third-order valence-electron chi connectivity index (χ3n) is 5.75. The molecule has 37 heavy (non-hydrogen) atoms. The lowest BCUT2D eigenvalue weighted by atomic mass is 10.1. The number of carbonyl (C=O) groups excluding carboxylic acids is 2. The number of primary sulfonamides is 1. The molecule has 1 aliphatic rings. The Morgan fingerprint density at radius 3 is 2.30 bits per heavy atom. The van der Waals surface area contributed by atoms with E-state index < -0.39 is 37.7 Å². The molecular weight excluding hydrogens is 518 g/mol. The molecule has 2 amide bonds. The summed E-state index contributed by atoms with van der Waals surface area (Å²) in [7, 11) is -7.06. The van der Waals surface area contributed by atoms with Gasteiger partial charge in [-0.05, 0) is 61.9 Å². The van der Waals surface area contributed by atoms with Gasteiger partial charge < -0.3 is 15.1 Å². The molecule has 1 saturated heterocycles. The Morgan fingerprint density at radius 1 is 1.03 bits per heavy atom. The van der Waals surface area contributed by atoms with E-state index in [1.165, 1.54) is 30.3 Å². The van der Waals surface area contributed by atoms with Gasteiger partial charge in [0.05, 0.1) is 16.4 Å². The summed E-state index contributed by atoms with van der Waals surface area (Å²) in [5.74, 6) is -0.739. The van der Waals surface area contributed by atoms with Crippen LogP contribution in [0.15, 0.2) is 75.7 Å². The van der Waals surface area contributed by atoms with Crippen molar-refractivity contribution < 1.29 is 30.8 Å². The second-order valence-electron chi connectivity index (χ2n) is 8.72. The van der Waals surface area contributed by atoms with E-state index in [2.05, 4.69) is 10.6 Å². The molecule has 0 radical (unpaired) electrons. The summed E-state index contributed by atoms with van der Waals surface area (Å²) in [5.41, 5.74) is 1.74. The quantitative estimate of drug-likeness (QED) is 0.383. The molecular formula is C25H25N3O7S2. The molecule has 4 rings (SSSR count). The highest BCUT2D eigenvalue weighted by molar-refractivity contribution is 7.91. The van der Waals surface area contributed by atoms with Gasteiger partial charge in [0, 0.05) is 23.2 Å². The van der Waals surface area contributed by atoms with Gasteiger partial charge in [0.2, 0.25) is 10.0 Å². The number of carbonyl (C=O) groups is 2. The molecule has 1 atom stereocenters. The Labute approximate surface area is 214 Å². The number of hydrogen-bond donors (Lipinski definition) is 3. The monoisotopic (exact) mass is 543 g/mol. The van der Waals surface area contributed by atoms with Crippen LogP contribution in [-0.4, -0.2) is 46.2 Å². The molecule has 12 heteroatoms. The van der Waals surface area contributed by atoms with Gasteiger partial charge in [0.15, 0.2) is 9.84 Å². The van der Waals surface area contributed by atoms with Crippen molar-refractivity contribution in [2.45, 2.75) is 24.3 Å². The number of furan rings is 1. The number of benzene rings is 2. The maximum Gasteiger partial charge on any atom is 0.268 e. The van der Waals surface area contributed by atoms with Gasteiger partial charge in [-0.3, -0.25) is 9.59 Å². The zero-order valence-corrected chi connectivity index (χ0v) is 21.4. The van der Waals surface area contributed by atoms with Crippen molar-refractivity contribution in [1.29, 1.82) is 0 Å². The van der Waals surface area contributed by atoms with E-state index in [4.69, 9.17) is 9.56 Å². The van der Waals surface area contributed by atoms with Crippen molar-refractivity contribution >= 4 is 37.8 Å². The summed E-state index contributed by atoms with van der Waals surface area (Å²) in [6.07, 6.45) is 1.62. The second kappa shape index (κ2) is 10.3. The Kier molecular flexibility index (Phi) is 7.35. The first-order valence-corrected chi connectivity index (χ1v) is 14.6. The fourth-order valence-corrected chi connectivity index (χ4v) is 5.96. The molecule has 0 aliphatic carbocycles. The normalized spacial score (nSPS) is 17.4. The third kappa shape index (κ3) is 6.73. The van der Waals surface area contributed by atoms with E-state index in [1.54, 1.807) is 36.4 Å². The molecule has 2 heterocycles. The molecule has 1 fully saturated rings. The van der Waals surface area contributed by atoms with E-state index in [0.29, 0.717) is 16.9 Å². The summed E-state index contributed by atoms with van der Waals surface area (Å²) in [5, 5.41) is 10.4. The first-order valence-electron chi connectivity index (χ1n) is 11.2. The number of nitrogens with one attached hydrogen (secondary N) is 2. The van der Waals surface area contributed by atoms with Gasteiger partial charge in [0.25, 0.3) is 11.8 Å². The van der Waals surface area contributed by atoms with Crippen LogP contribution in [-0.2, 0) is 24.7 Å². The van der Waals surface area contributed by atoms with E-state index in [-0.39, 0.29) is 34.3 Å². The molecule has 1 aliphatic heterocycles. The zero-order chi connectivity index (χ0) is 26.8. The van der Waals surface area contributed by atoms with Crippen LogP contribution < -0.4 is 15.8 Å². The molecule has 0 spiro atoms. The van der Waals surface area contributed by atoms with Crippen LogP contribution in [0.5, 0.6) is 0 Å². The first-order chi connectivity index (χ1) is 17.4. The molecule has 2 aromatic carbocycles.